The van der Waals surface area contributed by atoms with Crippen LogP contribution in [0, 0.1) is 0 Å². The van der Waals surface area contributed by atoms with Crippen molar-refractivity contribution in [2.24, 2.45) is 0 Å². The van der Waals surface area contributed by atoms with Crippen molar-refractivity contribution in [1.82, 2.24) is 4.72 Å². The first-order valence-electron chi connectivity index (χ1n) is 5.23. The first-order chi connectivity index (χ1) is 8.32. The van der Waals surface area contributed by atoms with Gasteiger partial charge in [-0.2, -0.15) is 0 Å². The van der Waals surface area contributed by atoms with E-state index in [-0.39, 0.29) is 22.3 Å². The lowest BCUT2D eigenvalue weighted by Gasteiger charge is -2.09. The van der Waals surface area contributed by atoms with Gasteiger partial charge in [-0.15, -0.1) is 11.3 Å². The summed E-state index contributed by atoms with van der Waals surface area (Å²) < 4.78 is 48.9. The van der Waals surface area contributed by atoms with Crippen molar-refractivity contribution >= 4 is 31.2 Å². The Balaban J connectivity index is 2.13. The number of sulfonamides is 1. The average Bonchev–Trinajstić information content (AvgIpc) is 2.84. The van der Waals surface area contributed by atoms with Crippen LogP contribution < -0.4 is 4.72 Å². The Kier molecular flexibility index (Phi) is 3.79. The van der Waals surface area contributed by atoms with Crippen molar-refractivity contribution in [2.75, 3.05) is 11.5 Å². The minimum atomic E-state index is -3.69. The van der Waals surface area contributed by atoms with E-state index >= 15 is 0 Å². The van der Waals surface area contributed by atoms with E-state index in [2.05, 4.69) is 4.72 Å². The standard InChI is InChI=1S/C9H13NO5S3/c11-4-7-3-9(16-5-7)18(14,15)10-8-1-2-17(12,13)6-8/h3,5,8,10-11H,1-2,4,6H2. The van der Waals surface area contributed by atoms with Crippen molar-refractivity contribution in [3.8, 4) is 0 Å². The lowest BCUT2D eigenvalue weighted by molar-refractivity contribution is 0.282. The molecule has 0 amide bonds. The van der Waals surface area contributed by atoms with Crippen molar-refractivity contribution < 1.29 is 21.9 Å². The predicted octanol–water partition coefficient (Wildman–Crippen LogP) is -0.294. The average molecular weight is 311 g/mol. The molecule has 2 N–H and O–H groups in total. The molecule has 6 nitrogen and oxygen atoms in total. The summed E-state index contributed by atoms with van der Waals surface area (Å²) in [6, 6.07) is 0.830. The Hall–Kier alpha value is -0.480. The molecule has 1 atom stereocenters. The molecular formula is C9H13NO5S3. The number of sulfone groups is 1. The van der Waals surface area contributed by atoms with Gasteiger partial charge >= 0.3 is 0 Å². The molecule has 1 saturated heterocycles. The Morgan fingerprint density at radius 2 is 2.22 bits per heavy atom. The summed E-state index contributed by atoms with van der Waals surface area (Å²) in [5.41, 5.74) is 0.527. The second kappa shape index (κ2) is 4.89. The molecule has 1 fully saturated rings. The van der Waals surface area contributed by atoms with Gasteiger partial charge in [-0.3, -0.25) is 0 Å². The summed E-state index contributed by atoms with van der Waals surface area (Å²) in [5.74, 6) is -0.128. The van der Waals surface area contributed by atoms with E-state index in [1.54, 1.807) is 5.38 Å². The van der Waals surface area contributed by atoms with E-state index in [1.807, 2.05) is 0 Å². The highest BCUT2D eigenvalue weighted by Crippen LogP contribution is 2.22. The number of aliphatic hydroxyl groups excluding tert-OH is 1. The van der Waals surface area contributed by atoms with Crippen molar-refractivity contribution in [3.63, 3.8) is 0 Å². The SMILES string of the molecule is O=S1(=O)CCC(NS(=O)(=O)c2cc(CO)cs2)C1. The van der Waals surface area contributed by atoms with Crippen LogP contribution in [0.3, 0.4) is 0 Å². The van der Waals surface area contributed by atoms with Crippen LogP contribution in [-0.4, -0.2) is 39.5 Å². The third-order valence-electron chi connectivity index (χ3n) is 2.63. The van der Waals surface area contributed by atoms with Gasteiger partial charge < -0.3 is 5.11 Å². The fraction of sp³-hybridized carbons (Fsp3) is 0.556. The molecule has 18 heavy (non-hydrogen) atoms. The zero-order valence-electron chi connectivity index (χ0n) is 9.37. The number of thiophene rings is 1. The summed E-state index contributed by atoms with van der Waals surface area (Å²) >= 11 is 1.00. The molecule has 1 aliphatic heterocycles. The molecular weight excluding hydrogens is 298 g/mol. The van der Waals surface area contributed by atoms with Crippen molar-refractivity contribution in [2.45, 2.75) is 23.3 Å². The van der Waals surface area contributed by atoms with Crippen LogP contribution in [0.5, 0.6) is 0 Å². The molecule has 0 saturated carbocycles. The van der Waals surface area contributed by atoms with Gasteiger partial charge in [-0.1, -0.05) is 0 Å². The van der Waals surface area contributed by atoms with Crippen LogP contribution in [-0.2, 0) is 26.5 Å². The molecule has 1 aliphatic rings. The van der Waals surface area contributed by atoms with Gasteiger partial charge in [-0.05, 0) is 23.4 Å². The largest absolute Gasteiger partial charge is 0.392 e. The smallest absolute Gasteiger partial charge is 0.250 e. The maximum atomic E-state index is 12.0. The van der Waals surface area contributed by atoms with Crippen molar-refractivity contribution in [1.29, 1.82) is 0 Å². The molecule has 0 aliphatic carbocycles. The summed E-state index contributed by atoms with van der Waals surface area (Å²) in [7, 11) is -6.80. The highest BCUT2D eigenvalue weighted by molar-refractivity contribution is 7.92. The van der Waals surface area contributed by atoms with E-state index in [1.165, 1.54) is 6.07 Å². The minimum absolute atomic E-state index is 0.0204. The highest BCUT2D eigenvalue weighted by atomic mass is 32.2. The van der Waals surface area contributed by atoms with Crippen molar-refractivity contribution in [3.05, 3.63) is 17.0 Å². The third-order valence-corrected chi connectivity index (χ3v) is 7.41. The third kappa shape index (κ3) is 3.09. The molecule has 1 unspecified atom stereocenters. The lowest BCUT2D eigenvalue weighted by atomic mass is 10.3. The van der Waals surface area contributed by atoms with Gasteiger partial charge in [0.05, 0.1) is 18.1 Å². The van der Waals surface area contributed by atoms with Crippen LogP contribution in [0.15, 0.2) is 15.7 Å². The molecule has 0 radical (unpaired) electrons. The number of hydrogen-bond acceptors (Lipinski definition) is 6. The van der Waals surface area contributed by atoms with Crippen LogP contribution in [0.25, 0.3) is 0 Å². The van der Waals surface area contributed by atoms with Gasteiger partial charge in [0, 0.05) is 6.04 Å². The maximum Gasteiger partial charge on any atom is 0.250 e. The fourth-order valence-corrected chi connectivity index (χ4v) is 6.01. The quantitative estimate of drug-likeness (QED) is 0.795. The molecule has 9 heteroatoms. The van der Waals surface area contributed by atoms with Crippen LogP contribution in [0.4, 0.5) is 0 Å². The molecule has 2 heterocycles. The molecule has 0 bridgehead atoms. The number of rotatable bonds is 4. The maximum absolute atomic E-state index is 12.0. The Bertz CT molecular complexity index is 631. The number of hydrogen-bond donors (Lipinski definition) is 2. The molecule has 1 aromatic rings. The predicted molar refractivity (Wildman–Crippen MR) is 67.6 cm³/mol. The van der Waals surface area contributed by atoms with E-state index in [0.717, 1.165) is 11.3 Å². The zero-order valence-corrected chi connectivity index (χ0v) is 11.8. The summed E-state index contributed by atoms with van der Waals surface area (Å²) in [4.78, 5) is 0. The van der Waals surface area contributed by atoms with E-state index in [9.17, 15) is 16.8 Å². The zero-order chi connectivity index (χ0) is 13.4. The highest BCUT2D eigenvalue weighted by Gasteiger charge is 2.31. The van der Waals surface area contributed by atoms with Crippen LogP contribution in [0.1, 0.15) is 12.0 Å². The van der Waals surface area contributed by atoms with E-state index < -0.39 is 25.9 Å². The Labute approximate surface area is 110 Å². The number of nitrogens with one attached hydrogen (secondary N) is 1. The summed E-state index contributed by atoms with van der Waals surface area (Å²) in [6.07, 6.45) is 0.305. The minimum Gasteiger partial charge on any atom is -0.392 e. The second-order valence-corrected chi connectivity index (χ2v) is 9.23. The van der Waals surface area contributed by atoms with Crippen LogP contribution >= 0.6 is 11.3 Å². The summed E-state index contributed by atoms with van der Waals surface area (Å²) in [6.45, 7) is -0.218. The molecule has 0 spiro atoms. The first kappa shape index (κ1) is 13.9. The van der Waals surface area contributed by atoms with Gasteiger partial charge in [-0.25, -0.2) is 21.6 Å². The van der Waals surface area contributed by atoms with Gasteiger partial charge in [0.2, 0.25) is 10.0 Å². The number of aliphatic hydroxyl groups is 1. The molecule has 1 aromatic heterocycles. The molecule has 2 rings (SSSR count). The van der Waals surface area contributed by atoms with Gasteiger partial charge in [0.15, 0.2) is 9.84 Å². The van der Waals surface area contributed by atoms with Gasteiger partial charge in [0.1, 0.15) is 4.21 Å². The monoisotopic (exact) mass is 311 g/mol. The summed E-state index contributed by atoms with van der Waals surface area (Å²) in [5, 5.41) is 10.4. The topological polar surface area (TPSA) is 101 Å². The van der Waals surface area contributed by atoms with E-state index in [0.29, 0.717) is 12.0 Å². The fourth-order valence-electron chi connectivity index (χ4n) is 1.74. The lowest BCUT2D eigenvalue weighted by Crippen LogP contribution is -2.35. The van der Waals surface area contributed by atoms with Crippen LogP contribution in [0.2, 0.25) is 0 Å². The molecule has 102 valence electrons. The second-order valence-electron chi connectivity index (χ2n) is 4.15. The first-order valence-corrected chi connectivity index (χ1v) is 9.42. The molecule has 0 aromatic carbocycles. The van der Waals surface area contributed by atoms with Gasteiger partial charge in [0.25, 0.3) is 0 Å². The Morgan fingerprint density at radius 1 is 1.50 bits per heavy atom. The van der Waals surface area contributed by atoms with E-state index in [4.69, 9.17) is 5.11 Å². The Morgan fingerprint density at radius 3 is 2.72 bits per heavy atom. The normalized spacial score (nSPS) is 23.3.